The number of hydrogen-bond donors (Lipinski definition) is 2. The first-order valence-electron chi connectivity index (χ1n) is 6.24. The molecule has 114 valence electrons. The van der Waals surface area contributed by atoms with Crippen molar-refractivity contribution in [2.75, 3.05) is 13.6 Å². The Bertz CT molecular complexity index is 436. The molecule has 6 heteroatoms. The van der Waals surface area contributed by atoms with Gasteiger partial charge in [-0.1, -0.05) is 23.2 Å². The molecule has 0 spiro atoms. The van der Waals surface area contributed by atoms with Gasteiger partial charge in [-0.05, 0) is 51.0 Å². The molecule has 0 radical (unpaired) electrons. The van der Waals surface area contributed by atoms with Crippen LogP contribution in [0.4, 0.5) is 0 Å². The highest BCUT2D eigenvalue weighted by atomic mass is 127. The maximum atomic E-state index is 5.97. The highest BCUT2D eigenvalue weighted by Crippen LogP contribution is 2.19. The average molecular weight is 430 g/mol. The number of rotatable bonds is 3. The zero-order chi connectivity index (χ0) is 14.5. The first-order chi connectivity index (χ1) is 8.80. The summed E-state index contributed by atoms with van der Waals surface area (Å²) in [6.07, 6.45) is 0.838. The summed E-state index contributed by atoms with van der Waals surface area (Å²) in [5, 5.41) is 7.90. The molecular weight excluding hydrogens is 408 g/mol. The Morgan fingerprint density at radius 3 is 2.15 bits per heavy atom. The summed E-state index contributed by atoms with van der Waals surface area (Å²) >= 11 is 11.9. The number of hydrogen-bond acceptors (Lipinski definition) is 1. The Morgan fingerprint density at radius 1 is 1.15 bits per heavy atom. The molecule has 0 aromatic heterocycles. The fraction of sp³-hybridized carbons (Fsp3) is 0.500. The van der Waals surface area contributed by atoms with E-state index in [0.29, 0.717) is 10.0 Å². The lowest BCUT2D eigenvalue weighted by atomic mass is 10.1. The van der Waals surface area contributed by atoms with Crippen molar-refractivity contribution in [1.82, 2.24) is 10.6 Å². The highest BCUT2D eigenvalue weighted by Gasteiger charge is 2.11. The molecule has 1 rings (SSSR count). The van der Waals surface area contributed by atoms with Crippen LogP contribution in [0.5, 0.6) is 0 Å². The summed E-state index contributed by atoms with van der Waals surface area (Å²) < 4.78 is 0. The van der Waals surface area contributed by atoms with Gasteiger partial charge in [0, 0.05) is 29.2 Å². The second-order valence-corrected chi connectivity index (χ2v) is 6.27. The minimum atomic E-state index is -0.0127. The summed E-state index contributed by atoms with van der Waals surface area (Å²) in [6, 6.07) is 5.59. The van der Waals surface area contributed by atoms with E-state index in [4.69, 9.17) is 23.2 Å². The number of aliphatic imine (C=N–C) groups is 1. The molecule has 0 atom stereocenters. The van der Waals surface area contributed by atoms with Crippen LogP contribution < -0.4 is 10.6 Å². The fourth-order valence-electron chi connectivity index (χ4n) is 1.61. The van der Waals surface area contributed by atoms with Gasteiger partial charge in [0.1, 0.15) is 0 Å². The van der Waals surface area contributed by atoms with Crippen molar-refractivity contribution in [3.63, 3.8) is 0 Å². The van der Waals surface area contributed by atoms with Crippen LogP contribution in [0.1, 0.15) is 26.3 Å². The van der Waals surface area contributed by atoms with E-state index in [1.54, 1.807) is 13.1 Å². The number of nitrogens with zero attached hydrogens (tertiary/aromatic N) is 1. The zero-order valence-electron chi connectivity index (χ0n) is 12.3. The summed E-state index contributed by atoms with van der Waals surface area (Å²) in [5.41, 5.74) is 1.09. The Morgan fingerprint density at radius 2 is 1.70 bits per heavy atom. The topological polar surface area (TPSA) is 36.4 Å². The van der Waals surface area contributed by atoms with E-state index in [9.17, 15) is 0 Å². The van der Waals surface area contributed by atoms with Gasteiger partial charge in [0.05, 0.1) is 0 Å². The van der Waals surface area contributed by atoms with Crippen molar-refractivity contribution >= 4 is 53.1 Å². The van der Waals surface area contributed by atoms with E-state index < -0.39 is 0 Å². The molecule has 1 aromatic carbocycles. The van der Waals surface area contributed by atoms with Gasteiger partial charge in [-0.15, -0.1) is 24.0 Å². The third-order valence-corrected chi connectivity index (χ3v) is 2.78. The van der Waals surface area contributed by atoms with Gasteiger partial charge in [-0.25, -0.2) is 0 Å². The largest absolute Gasteiger partial charge is 0.356 e. The quantitative estimate of drug-likeness (QED) is 0.430. The molecule has 3 nitrogen and oxygen atoms in total. The molecule has 0 aliphatic carbocycles. The summed E-state index contributed by atoms with van der Waals surface area (Å²) in [7, 11) is 1.76. The lowest BCUT2D eigenvalue weighted by Crippen LogP contribution is -2.48. The maximum Gasteiger partial charge on any atom is 0.191 e. The predicted octanol–water partition coefficient (Wildman–Crippen LogP) is 4.12. The molecule has 0 unspecified atom stereocenters. The Kier molecular flexibility index (Phi) is 8.86. The van der Waals surface area contributed by atoms with E-state index in [0.717, 1.165) is 24.5 Å². The van der Waals surface area contributed by atoms with E-state index in [1.807, 2.05) is 12.1 Å². The summed E-state index contributed by atoms with van der Waals surface area (Å²) in [6.45, 7) is 7.05. The van der Waals surface area contributed by atoms with Crippen LogP contribution in [0.3, 0.4) is 0 Å². The van der Waals surface area contributed by atoms with Crippen LogP contribution in [0.15, 0.2) is 23.2 Å². The van der Waals surface area contributed by atoms with Gasteiger partial charge >= 0.3 is 0 Å². The summed E-state index contributed by atoms with van der Waals surface area (Å²) in [5.74, 6) is 0.792. The Hall–Kier alpha value is -0.200. The highest BCUT2D eigenvalue weighted by molar-refractivity contribution is 14.0. The maximum absolute atomic E-state index is 5.97. The molecule has 0 fully saturated rings. The van der Waals surface area contributed by atoms with Crippen molar-refractivity contribution < 1.29 is 0 Å². The molecule has 0 saturated heterocycles. The lowest BCUT2D eigenvalue weighted by Gasteiger charge is -2.23. The molecule has 1 aromatic rings. The number of benzene rings is 1. The smallest absolute Gasteiger partial charge is 0.191 e. The molecule has 2 N–H and O–H groups in total. The van der Waals surface area contributed by atoms with Crippen LogP contribution in [-0.4, -0.2) is 25.1 Å². The molecule has 0 aliphatic rings. The van der Waals surface area contributed by atoms with Gasteiger partial charge in [0.15, 0.2) is 5.96 Å². The first kappa shape index (κ1) is 19.8. The van der Waals surface area contributed by atoms with Crippen LogP contribution in [0.25, 0.3) is 0 Å². The predicted molar refractivity (Wildman–Crippen MR) is 99.8 cm³/mol. The van der Waals surface area contributed by atoms with Crippen molar-refractivity contribution in [3.05, 3.63) is 33.8 Å². The molecule has 0 bridgehead atoms. The lowest BCUT2D eigenvalue weighted by molar-refractivity contribution is 0.501. The average Bonchev–Trinajstić information content (AvgIpc) is 2.24. The van der Waals surface area contributed by atoms with Crippen LogP contribution in [-0.2, 0) is 6.42 Å². The van der Waals surface area contributed by atoms with Crippen LogP contribution in [0.2, 0.25) is 10.0 Å². The van der Waals surface area contributed by atoms with Gasteiger partial charge in [-0.3, -0.25) is 4.99 Å². The fourth-order valence-corrected chi connectivity index (χ4v) is 2.19. The second kappa shape index (κ2) is 8.95. The van der Waals surface area contributed by atoms with Gasteiger partial charge in [-0.2, -0.15) is 0 Å². The van der Waals surface area contributed by atoms with E-state index >= 15 is 0 Å². The minimum absolute atomic E-state index is 0. The van der Waals surface area contributed by atoms with Crippen LogP contribution >= 0.6 is 47.2 Å². The van der Waals surface area contributed by atoms with Crippen molar-refractivity contribution in [2.45, 2.75) is 32.7 Å². The Labute approximate surface area is 148 Å². The van der Waals surface area contributed by atoms with Gasteiger partial charge < -0.3 is 10.6 Å². The SMILES string of the molecule is CN=C(NCCc1cc(Cl)cc(Cl)c1)NC(C)(C)C.I. The van der Waals surface area contributed by atoms with Crippen LogP contribution in [0, 0.1) is 0 Å². The minimum Gasteiger partial charge on any atom is -0.356 e. The summed E-state index contributed by atoms with van der Waals surface area (Å²) in [4.78, 5) is 4.18. The first-order valence-corrected chi connectivity index (χ1v) is 6.99. The molecule has 0 heterocycles. The van der Waals surface area contributed by atoms with E-state index in [2.05, 4.69) is 36.4 Å². The van der Waals surface area contributed by atoms with Crippen molar-refractivity contribution in [1.29, 1.82) is 0 Å². The van der Waals surface area contributed by atoms with Gasteiger partial charge in [0.25, 0.3) is 0 Å². The Balaban J connectivity index is 0.00000361. The third-order valence-electron chi connectivity index (χ3n) is 2.35. The normalized spacial score (nSPS) is 11.8. The molecule has 20 heavy (non-hydrogen) atoms. The number of halogens is 3. The monoisotopic (exact) mass is 429 g/mol. The van der Waals surface area contributed by atoms with Crippen molar-refractivity contribution in [2.24, 2.45) is 4.99 Å². The third kappa shape index (κ3) is 8.17. The molecular formula is C14H22Cl2IN3. The van der Waals surface area contributed by atoms with E-state index in [1.165, 1.54) is 0 Å². The number of nitrogens with one attached hydrogen (secondary N) is 2. The number of guanidine groups is 1. The van der Waals surface area contributed by atoms with Gasteiger partial charge in [0.2, 0.25) is 0 Å². The zero-order valence-corrected chi connectivity index (χ0v) is 16.1. The molecule has 0 aliphatic heterocycles. The second-order valence-electron chi connectivity index (χ2n) is 5.40. The molecule has 0 amide bonds. The van der Waals surface area contributed by atoms with E-state index in [-0.39, 0.29) is 29.5 Å². The standard InChI is InChI=1S/C14H21Cl2N3.HI/c1-14(2,3)19-13(17-4)18-6-5-10-7-11(15)9-12(16)8-10;/h7-9H,5-6H2,1-4H3,(H2,17,18,19);1H. The van der Waals surface area contributed by atoms with Crippen molar-refractivity contribution in [3.8, 4) is 0 Å². The molecule has 0 saturated carbocycles.